The molecule has 1 saturated carbocycles. The second kappa shape index (κ2) is 11.4. The van der Waals surface area contributed by atoms with Crippen molar-refractivity contribution >= 4 is 35.8 Å². The third kappa shape index (κ3) is 7.66. The molecule has 1 atom stereocenters. The number of rotatable bonds is 7. The highest BCUT2D eigenvalue weighted by Crippen LogP contribution is 2.27. The fraction of sp³-hybridized carbons (Fsp3) is 0.667. The van der Waals surface area contributed by atoms with Gasteiger partial charge in [-0.05, 0) is 37.8 Å². The SMILES string of the molecule is CN=C(NCc1ccc(C(N)=O)o1)NC(C)CCC1CCCCC1.I. The number of carbonyl (C=O) groups is 1. The Labute approximate surface area is 167 Å². The molecule has 1 amide bonds. The Morgan fingerprint density at radius 3 is 2.68 bits per heavy atom. The molecule has 0 bridgehead atoms. The normalized spacial score (nSPS) is 16.8. The van der Waals surface area contributed by atoms with Crippen molar-refractivity contribution in [2.45, 2.75) is 64.5 Å². The zero-order chi connectivity index (χ0) is 17.4. The van der Waals surface area contributed by atoms with Crippen LogP contribution in [0.3, 0.4) is 0 Å². The van der Waals surface area contributed by atoms with E-state index in [2.05, 4.69) is 22.5 Å². The number of hydrogen-bond donors (Lipinski definition) is 3. The topological polar surface area (TPSA) is 92.6 Å². The van der Waals surface area contributed by atoms with Crippen LogP contribution in [0.2, 0.25) is 0 Å². The van der Waals surface area contributed by atoms with Gasteiger partial charge < -0.3 is 20.8 Å². The highest BCUT2D eigenvalue weighted by atomic mass is 127. The molecule has 142 valence electrons. The Bertz CT molecular complexity index is 553. The minimum atomic E-state index is -0.555. The van der Waals surface area contributed by atoms with E-state index < -0.39 is 5.91 Å². The van der Waals surface area contributed by atoms with Crippen molar-refractivity contribution < 1.29 is 9.21 Å². The first kappa shape index (κ1) is 21.8. The van der Waals surface area contributed by atoms with Gasteiger partial charge in [0, 0.05) is 13.1 Å². The van der Waals surface area contributed by atoms with Crippen molar-refractivity contribution in [2.75, 3.05) is 7.05 Å². The van der Waals surface area contributed by atoms with Crippen molar-refractivity contribution in [3.8, 4) is 0 Å². The van der Waals surface area contributed by atoms with Crippen molar-refractivity contribution in [1.82, 2.24) is 10.6 Å². The Balaban J connectivity index is 0.00000312. The van der Waals surface area contributed by atoms with E-state index in [9.17, 15) is 4.79 Å². The maximum Gasteiger partial charge on any atom is 0.284 e. The largest absolute Gasteiger partial charge is 0.454 e. The first-order valence-electron chi connectivity index (χ1n) is 8.94. The number of carbonyl (C=O) groups excluding carboxylic acids is 1. The second-order valence-corrected chi connectivity index (χ2v) is 6.68. The lowest BCUT2D eigenvalue weighted by atomic mass is 9.85. The van der Waals surface area contributed by atoms with Gasteiger partial charge in [-0.3, -0.25) is 9.79 Å². The van der Waals surface area contributed by atoms with Crippen LogP contribution in [0.5, 0.6) is 0 Å². The summed E-state index contributed by atoms with van der Waals surface area (Å²) in [5.41, 5.74) is 5.18. The fourth-order valence-corrected chi connectivity index (χ4v) is 3.24. The molecule has 1 aromatic heterocycles. The maximum absolute atomic E-state index is 11.0. The second-order valence-electron chi connectivity index (χ2n) is 6.68. The molecule has 7 heteroatoms. The average molecular weight is 462 g/mol. The summed E-state index contributed by atoms with van der Waals surface area (Å²) < 4.78 is 5.35. The predicted molar refractivity (Wildman–Crippen MR) is 111 cm³/mol. The molecule has 1 aliphatic rings. The molecule has 0 aliphatic heterocycles. The van der Waals surface area contributed by atoms with Gasteiger partial charge in [0.2, 0.25) is 0 Å². The third-order valence-corrected chi connectivity index (χ3v) is 4.67. The Kier molecular flexibility index (Phi) is 9.92. The van der Waals surface area contributed by atoms with Gasteiger partial charge in [-0.2, -0.15) is 0 Å². The molecule has 1 unspecified atom stereocenters. The monoisotopic (exact) mass is 462 g/mol. The molecular formula is C18H31IN4O2. The molecule has 1 heterocycles. The predicted octanol–water partition coefficient (Wildman–Crippen LogP) is 3.41. The zero-order valence-corrected chi connectivity index (χ0v) is 17.5. The lowest BCUT2D eigenvalue weighted by Gasteiger charge is -2.24. The minimum Gasteiger partial charge on any atom is -0.454 e. The van der Waals surface area contributed by atoms with E-state index in [0.717, 1.165) is 18.3 Å². The number of hydrogen-bond acceptors (Lipinski definition) is 3. The molecule has 25 heavy (non-hydrogen) atoms. The van der Waals surface area contributed by atoms with E-state index in [1.165, 1.54) is 38.5 Å². The van der Waals surface area contributed by atoms with E-state index >= 15 is 0 Å². The lowest BCUT2D eigenvalue weighted by molar-refractivity contribution is 0.0972. The van der Waals surface area contributed by atoms with Crippen molar-refractivity contribution in [1.29, 1.82) is 0 Å². The van der Waals surface area contributed by atoms with Crippen LogP contribution in [-0.2, 0) is 6.54 Å². The molecular weight excluding hydrogens is 431 g/mol. The number of halogens is 1. The summed E-state index contributed by atoms with van der Waals surface area (Å²) in [7, 11) is 1.75. The number of nitrogens with zero attached hydrogens (tertiary/aromatic N) is 1. The van der Waals surface area contributed by atoms with E-state index in [1.54, 1.807) is 19.2 Å². The van der Waals surface area contributed by atoms with E-state index in [4.69, 9.17) is 10.2 Å². The third-order valence-electron chi connectivity index (χ3n) is 4.67. The van der Waals surface area contributed by atoms with Gasteiger partial charge in [-0.15, -0.1) is 24.0 Å². The molecule has 1 fully saturated rings. The number of nitrogens with one attached hydrogen (secondary N) is 2. The Morgan fingerprint density at radius 2 is 2.08 bits per heavy atom. The van der Waals surface area contributed by atoms with Crippen LogP contribution in [0.1, 0.15) is 68.2 Å². The van der Waals surface area contributed by atoms with Gasteiger partial charge in [0.25, 0.3) is 5.91 Å². The number of primary amides is 1. The van der Waals surface area contributed by atoms with E-state index in [1.807, 2.05) is 0 Å². The number of guanidine groups is 1. The quantitative estimate of drug-likeness (QED) is 0.329. The van der Waals surface area contributed by atoms with Crippen LogP contribution in [0.15, 0.2) is 21.5 Å². The van der Waals surface area contributed by atoms with E-state index in [-0.39, 0.29) is 29.7 Å². The van der Waals surface area contributed by atoms with Gasteiger partial charge in [0.05, 0.1) is 6.54 Å². The summed E-state index contributed by atoms with van der Waals surface area (Å²) in [5, 5.41) is 6.61. The fourth-order valence-electron chi connectivity index (χ4n) is 3.24. The highest BCUT2D eigenvalue weighted by Gasteiger charge is 2.15. The standard InChI is InChI=1S/C18H30N4O2.HI/c1-13(8-9-14-6-4-3-5-7-14)22-18(20-2)21-12-15-10-11-16(24-15)17(19)23;/h10-11,13-14H,3-9,12H2,1-2H3,(H2,19,23)(H2,20,21,22);1H. The maximum atomic E-state index is 11.0. The summed E-state index contributed by atoms with van der Waals surface area (Å²) >= 11 is 0. The molecule has 0 spiro atoms. The smallest absolute Gasteiger partial charge is 0.284 e. The Morgan fingerprint density at radius 1 is 1.36 bits per heavy atom. The summed E-state index contributed by atoms with van der Waals surface area (Å²) in [6.07, 6.45) is 9.41. The average Bonchev–Trinajstić information content (AvgIpc) is 3.07. The van der Waals surface area contributed by atoms with Gasteiger partial charge in [-0.25, -0.2) is 0 Å². The molecule has 4 N–H and O–H groups in total. The molecule has 1 aliphatic carbocycles. The Hall–Kier alpha value is -1.25. The molecule has 0 aromatic carbocycles. The van der Waals surface area contributed by atoms with Crippen LogP contribution >= 0.6 is 24.0 Å². The van der Waals surface area contributed by atoms with Crippen LogP contribution in [0, 0.1) is 5.92 Å². The van der Waals surface area contributed by atoms with Crippen LogP contribution in [0.4, 0.5) is 0 Å². The summed E-state index contributed by atoms with van der Waals surface area (Å²) in [5.74, 6) is 1.91. The van der Waals surface area contributed by atoms with Gasteiger partial charge in [-0.1, -0.05) is 32.1 Å². The first-order valence-corrected chi connectivity index (χ1v) is 8.94. The molecule has 6 nitrogen and oxygen atoms in total. The molecule has 2 rings (SSSR count). The first-order chi connectivity index (χ1) is 11.6. The minimum absolute atomic E-state index is 0. The highest BCUT2D eigenvalue weighted by molar-refractivity contribution is 14.0. The van der Waals surface area contributed by atoms with Crippen LogP contribution in [-0.4, -0.2) is 25.0 Å². The number of amides is 1. The van der Waals surface area contributed by atoms with Crippen molar-refractivity contribution in [3.63, 3.8) is 0 Å². The molecule has 0 saturated heterocycles. The molecule has 1 aromatic rings. The van der Waals surface area contributed by atoms with Crippen molar-refractivity contribution in [3.05, 3.63) is 23.7 Å². The zero-order valence-electron chi connectivity index (χ0n) is 15.2. The molecule has 0 radical (unpaired) electrons. The van der Waals surface area contributed by atoms with E-state index in [0.29, 0.717) is 18.3 Å². The number of aliphatic imine (C=N–C) groups is 1. The van der Waals surface area contributed by atoms with Gasteiger partial charge in [0.1, 0.15) is 5.76 Å². The number of nitrogens with two attached hydrogens (primary N) is 1. The summed E-state index contributed by atoms with van der Waals surface area (Å²) in [6, 6.07) is 3.70. The van der Waals surface area contributed by atoms with Crippen molar-refractivity contribution in [2.24, 2.45) is 16.6 Å². The van der Waals surface area contributed by atoms with Crippen LogP contribution < -0.4 is 16.4 Å². The number of furan rings is 1. The van der Waals surface area contributed by atoms with Gasteiger partial charge in [0.15, 0.2) is 11.7 Å². The summed E-state index contributed by atoms with van der Waals surface area (Å²) in [6.45, 7) is 2.65. The summed E-state index contributed by atoms with van der Waals surface area (Å²) in [4.78, 5) is 15.3. The van der Waals surface area contributed by atoms with Gasteiger partial charge >= 0.3 is 0 Å². The lowest BCUT2D eigenvalue weighted by Crippen LogP contribution is -2.42. The van der Waals surface area contributed by atoms with Crippen LogP contribution in [0.25, 0.3) is 0 Å².